The molecule has 3 aromatic rings. The molecule has 1 unspecified atom stereocenters. The van der Waals surface area contributed by atoms with Gasteiger partial charge in [0.05, 0.1) is 12.7 Å². The van der Waals surface area contributed by atoms with Gasteiger partial charge in [0.1, 0.15) is 11.5 Å². The fourth-order valence-corrected chi connectivity index (χ4v) is 3.62. The Morgan fingerprint density at radius 1 is 1.00 bits per heavy atom. The first-order valence-corrected chi connectivity index (χ1v) is 10.1. The van der Waals surface area contributed by atoms with Crippen LogP contribution in [-0.2, 0) is 13.1 Å². The molecule has 32 heavy (non-hydrogen) atoms. The number of piperazine rings is 1. The first-order valence-electron chi connectivity index (χ1n) is 10.1. The molecular weight excluding hydrogens is 428 g/mol. The summed E-state index contributed by atoms with van der Waals surface area (Å²) in [6, 6.07) is 6.12. The Hall–Kier alpha value is -3.05. The van der Waals surface area contributed by atoms with Crippen LogP contribution in [-0.4, -0.2) is 68.2 Å². The molecule has 1 aliphatic rings. The van der Waals surface area contributed by atoms with Gasteiger partial charge in [-0.2, -0.15) is 18.3 Å². The minimum absolute atomic E-state index is 0.316. The van der Waals surface area contributed by atoms with Crippen molar-refractivity contribution in [3.05, 3.63) is 60.4 Å². The first kappa shape index (κ1) is 22.2. The van der Waals surface area contributed by atoms with E-state index in [9.17, 15) is 22.7 Å². The molecular formula is C21H22F4N6O. The van der Waals surface area contributed by atoms with Crippen molar-refractivity contribution in [2.45, 2.75) is 25.4 Å². The van der Waals surface area contributed by atoms with Gasteiger partial charge in [-0.15, -0.1) is 0 Å². The number of aromatic nitrogens is 4. The Morgan fingerprint density at radius 3 is 2.38 bits per heavy atom. The smallest absolute Gasteiger partial charge is 0.382 e. The number of alkyl halides is 3. The molecule has 7 nitrogen and oxygen atoms in total. The number of aliphatic hydroxyl groups is 1. The molecule has 0 spiro atoms. The number of nitrogens with zero attached hydrogens (tertiary/aromatic N) is 6. The third-order valence-corrected chi connectivity index (χ3v) is 5.30. The number of halogens is 4. The Bertz CT molecular complexity index is 1030. The van der Waals surface area contributed by atoms with E-state index in [1.54, 1.807) is 24.5 Å². The average molecular weight is 450 g/mol. The molecule has 0 saturated carbocycles. The van der Waals surface area contributed by atoms with Crippen LogP contribution in [0.3, 0.4) is 0 Å². The van der Waals surface area contributed by atoms with Gasteiger partial charge < -0.3 is 10.0 Å². The topological polar surface area (TPSA) is 70.3 Å². The second-order valence-corrected chi connectivity index (χ2v) is 7.63. The van der Waals surface area contributed by atoms with Crippen LogP contribution >= 0.6 is 0 Å². The zero-order chi connectivity index (χ0) is 22.7. The normalized spacial score (nSPS) is 16.3. The maximum atomic E-state index is 13.3. The van der Waals surface area contributed by atoms with Crippen molar-refractivity contribution in [3.8, 4) is 11.3 Å². The van der Waals surface area contributed by atoms with Crippen LogP contribution in [0.5, 0.6) is 0 Å². The summed E-state index contributed by atoms with van der Waals surface area (Å²) in [4.78, 5) is 13.2. The van der Waals surface area contributed by atoms with E-state index >= 15 is 0 Å². The van der Waals surface area contributed by atoms with Crippen molar-refractivity contribution >= 4 is 5.82 Å². The molecule has 4 rings (SSSR count). The summed E-state index contributed by atoms with van der Waals surface area (Å²) in [6.07, 6.45) is -0.845. The molecule has 0 aliphatic carbocycles. The SMILES string of the molecule is OC(Cn1cc(CN2CCN(c3nccnc3-c3ccc(F)cc3)CC2)cn1)C(F)(F)F. The third-order valence-electron chi connectivity index (χ3n) is 5.30. The predicted molar refractivity (Wildman–Crippen MR) is 109 cm³/mol. The molecule has 1 saturated heterocycles. The second-order valence-electron chi connectivity index (χ2n) is 7.63. The molecule has 3 heterocycles. The Balaban J connectivity index is 1.36. The zero-order valence-electron chi connectivity index (χ0n) is 17.1. The third kappa shape index (κ3) is 5.22. The summed E-state index contributed by atoms with van der Waals surface area (Å²) in [5.74, 6) is 0.414. The summed E-state index contributed by atoms with van der Waals surface area (Å²) in [7, 11) is 0. The summed E-state index contributed by atoms with van der Waals surface area (Å²) >= 11 is 0. The number of hydrogen-bond donors (Lipinski definition) is 1. The molecule has 1 N–H and O–H groups in total. The van der Waals surface area contributed by atoms with E-state index in [1.165, 1.54) is 24.5 Å². The van der Waals surface area contributed by atoms with Gasteiger partial charge in [-0.1, -0.05) is 0 Å². The van der Waals surface area contributed by atoms with Gasteiger partial charge in [-0.25, -0.2) is 9.37 Å². The summed E-state index contributed by atoms with van der Waals surface area (Å²) < 4.78 is 51.9. The highest BCUT2D eigenvalue weighted by Crippen LogP contribution is 2.27. The fourth-order valence-electron chi connectivity index (χ4n) is 3.62. The summed E-state index contributed by atoms with van der Waals surface area (Å²) in [5, 5.41) is 13.1. The molecule has 0 amide bonds. The van der Waals surface area contributed by atoms with Gasteiger partial charge in [0.25, 0.3) is 0 Å². The average Bonchev–Trinajstić information content (AvgIpc) is 3.21. The lowest BCUT2D eigenvalue weighted by atomic mass is 10.1. The van der Waals surface area contributed by atoms with Gasteiger partial charge >= 0.3 is 6.18 Å². The van der Waals surface area contributed by atoms with Crippen LogP contribution in [0.4, 0.5) is 23.4 Å². The van der Waals surface area contributed by atoms with E-state index in [4.69, 9.17) is 0 Å². The van der Waals surface area contributed by atoms with E-state index in [-0.39, 0.29) is 5.82 Å². The van der Waals surface area contributed by atoms with Crippen molar-refractivity contribution in [1.82, 2.24) is 24.6 Å². The van der Waals surface area contributed by atoms with Crippen LogP contribution in [0.1, 0.15) is 5.56 Å². The van der Waals surface area contributed by atoms with E-state index in [0.29, 0.717) is 25.3 Å². The van der Waals surface area contributed by atoms with Crippen LogP contribution in [0.25, 0.3) is 11.3 Å². The van der Waals surface area contributed by atoms with E-state index in [0.717, 1.165) is 34.7 Å². The van der Waals surface area contributed by atoms with E-state index in [2.05, 4.69) is 24.9 Å². The highest BCUT2D eigenvalue weighted by atomic mass is 19.4. The van der Waals surface area contributed by atoms with Gasteiger partial charge in [-0.05, 0) is 24.3 Å². The van der Waals surface area contributed by atoms with E-state index < -0.39 is 18.8 Å². The van der Waals surface area contributed by atoms with Gasteiger partial charge in [0.15, 0.2) is 11.9 Å². The minimum atomic E-state index is -4.67. The number of anilines is 1. The van der Waals surface area contributed by atoms with Gasteiger partial charge in [0.2, 0.25) is 0 Å². The highest BCUT2D eigenvalue weighted by Gasteiger charge is 2.38. The molecule has 0 bridgehead atoms. The van der Waals surface area contributed by atoms with Gasteiger partial charge in [-0.3, -0.25) is 14.6 Å². The number of rotatable bonds is 6. The second kappa shape index (κ2) is 9.21. The lowest BCUT2D eigenvalue weighted by molar-refractivity contribution is -0.208. The molecule has 170 valence electrons. The summed E-state index contributed by atoms with van der Waals surface area (Å²) in [6.45, 7) is 2.73. The standard InChI is InChI=1S/C21H22F4N6O/c22-17-3-1-16(2-4-17)19-20(27-6-5-26-19)30-9-7-29(8-10-30)12-15-11-28-31(13-15)14-18(32)21(23,24)25/h1-6,11,13,18,32H,7-10,12,14H2. The first-order chi connectivity index (χ1) is 15.3. The fraction of sp³-hybridized carbons (Fsp3) is 0.381. The van der Waals surface area contributed by atoms with Crippen LogP contribution in [0.15, 0.2) is 49.1 Å². The lowest BCUT2D eigenvalue weighted by Gasteiger charge is -2.35. The van der Waals surface area contributed by atoms with Crippen molar-refractivity contribution < 1.29 is 22.7 Å². The number of benzene rings is 1. The largest absolute Gasteiger partial charge is 0.416 e. The Labute approximate surface area is 181 Å². The molecule has 1 fully saturated rings. The predicted octanol–water partition coefficient (Wildman–Crippen LogP) is 2.72. The molecule has 1 atom stereocenters. The van der Waals surface area contributed by atoms with Crippen LogP contribution < -0.4 is 4.90 Å². The quantitative estimate of drug-likeness (QED) is 0.583. The maximum absolute atomic E-state index is 13.3. The maximum Gasteiger partial charge on any atom is 0.416 e. The highest BCUT2D eigenvalue weighted by molar-refractivity contribution is 5.72. The Kier molecular flexibility index (Phi) is 6.38. The molecule has 11 heteroatoms. The minimum Gasteiger partial charge on any atom is -0.382 e. The number of aliphatic hydroxyl groups excluding tert-OH is 1. The Morgan fingerprint density at radius 2 is 1.69 bits per heavy atom. The van der Waals surface area contributed by atoms with Crippen molar-refractivity contribution in [1.29, 1.82) is 0 Å². The van der Waals surface area contributed by atoms with Gasteiger partial charge in [0, 0.05) is 62.4 Å². The zero-order valence-corrected chi connectivity index (χ0v) is 17.1. The monoisotopic (exact) mass is 450 g/mol. The van der Waals surface area contributed by atoms with Crippen LogP contribution in [0.2, 0.25) is 0 Å². The molecule has 0 radical (unpaired) electrons. The van der Waals surface area contributed by atoms with Crippen molar-refractivity contribution in [2.24, 2.45) is 0 Å². The number of hydrogen-bond acceptors (Lipinski definition) is 6. The van der Waals surface area contributed by atoms with Crippen LogP contribution in [0, 0.1) is 5.82 Å². The summed E-state index contributed by atoms with van der Waals surface area (Å²) in [5.41, 5.74) is 2.25. The molecule has 1 aliphatic heterocycles. The van der Waals surface area contributed by atoms with Crippen molar-refractivity contribution in [3.63, 3.8) is 0 Å². The lowest BCUT2D eigenvalue weighted by Crippen LogP contribution is -2.46. The van der Waals surface area contributed by atoms with Crippen molar-refractivity contribution in [2.75, 3.05) is 31.1 Å². The molecule has 1 aromatic carbocycles. The molecule has 2 aromatic heterocycles. The van der Waals surface area contributed by atoms with E-state index in [1.807, 2.05) is 0 Å².